The smallest absolute Gasteiger partial charge is 0.146 e. The van der Waals surface area contributed by atoms with Crippen LogP contribution < -0.4 is 5.73 Å². The van der Waals surface area contributed by atoms with Crippen LogP contribution in [0.15, 0.2) is 60.7 Å². The summed E-state index contributed by atoms with van der Waals surface area (Å²) in [4.78, 5) is 9.69. The van der Waals surface area contributed by atoms with Gasteiger partial charge >= 0.3 is 0 Å². The van der Waals surface area contributed by atoms with E-state index >= 15 is 0 Å². The zero-order valence-corrected chi connectivity index (χ0v) is 16.8. The molecule has 4 aromatic rings. The molecule has 0 radical (unpaired) electrons. The van der Waals surface area contributed by atoms with E-state index in [-0.39, 0.29) is 12.0 Å². The minimum Gasteiger partial charge on any atom is -0.383 e. The van der Waals surface area contributed by atoms with Crippen molar-refractivity contribution in [3.63, 3.8) is 0 Å². The van der Waals surface area contributed by atoms with E-state index in [2.05, 4.69) is 73.6 Å². The maximum atomic E-state index is 6.43. The molecule has 0 aliphatic heterocycles. The number of fused-ring (bicyclic) bond motifs is 1. The van der Waals surface area contributed by atoms with Crippen molar-refractivity contribution in [2.45, 2.75) is 39.7 Å². The van der Waals surface area contributed by atoms with Crippen molar-refractivity contribution in [3.05, 3.63) is 88.9 Å². The van der Waals surface area contributed by atoms with Crippen LogP contribution in [0.2, 0.25) is 0 Å². The number of hydrogen-bond donors (Lipinski definition) is 1. The highest BCUT2D eigenvalue weighted by atomic mass is 15.1. The summed E-state index contributed by atoms with van der Waals surface area (Å²) in [6, 6.07) is 21.0. The quantitative estimate of drug-likeness (QED) is 0.524. The maximum Gasteiger partial charge on any atom is 0.146 e. The summed E-state index contributed by atoms with van der Waals surface area (Å²) >= 11 is 0. The monoisotopic (exact) mass is 370 g/mol. The average molecular weight is 371 g/mol. The predicted octanol–water partition coefficient (Wildman–Crippen LogP) is 5.39. The van der Waals surface area contributed by atoms with E-state index in [1.165, 1.54) is 16.8 Å². The van der Waals surface area contributed by atoms with Crippen molar-refractivity contribution in [3.8, 4) is 0 Å². The molecule has 4 nitrogen and oxygen atoms in total. The van der Waals surface area contributed by atoms with E-state index in [9.17, 15) is 0 Å². The van der Waals surface area contributed by atoms with Gasteiger partial charge < -0.3 is 10.3 Å². The van der Waals surface area contributed by atoms with Crippen LogP contribution >= 0.6 is 0 Å². The first-order valence-corrected chi connectivity index (χ1v) is 9.73. The van der Waals surface area contributed by atoms with E-state index in [1.807, 2.05) is 24.3 Å². The first-order chi connectivity index (χ1) is 13.5. The fraction of sp³-hybridized carbons (Fsp3) is 0.250. The Labute approximate surface area is 166 Å². The van der Waals surface area contributed by atoms with E-state index in [4.69, 9.17) is 10.7 Å². The summed E-state index contributed by atoms with van der Waals surface area (Å²) in [6.45, 7) is 8.57. The van der Waals surface area contributed by atoms with Crippen molar-refractivity contribution in [2.75, 3.05) is 5.73 Å². The molecule has 4 heteroatoms. The average Bonchev–Trinajstić information content (AvgIpc) is 2.98. The standard InChI is InChI=1S/C24H26N4/c1-15-17(3)28(18(4)20-13-9-6-10-14-20)24-21(15)22(25)26-23(27-24)16(2)19-11-7-5-8-12-19/h5-14,16,18H,1-4H3,(H2,25,26,27)/t16-,18+/m0/s1. The number of rotatable bonds is 4. The van der Waals surface area contributed by atoms with Gasteiger partial charge in [0.15, 0.2) is 0 Å². The van der Waals surface area contributed by atoms with Crippen molar-refractivity contribution in [2.24, 2.45) is 0 Å². The minimum atomic E-state index is 0.0730. The SMILES string of the molecule is Cc1c(C)n([C@H](C)c2ccccc2)c2nc([C@@H](C)c3ccccc3)nc(N)c12. The number of nitrogens with zero attached hydrogens (tertiary/aromatic N) is 3. The van der Waals surface area contributed by atoms with Crippen LogP contribution in [0.5, 0.6) is 0 Å². The third kappa shape index (κ3) is 2.95. The van der Waals surface area contributed by atoms with Crippen LogP contribution in [0.4, 0.5) is 5.82 Å². The lowest BCUT2D eigenvalue weighted by atomic mass is 10.0. The molecular weight excluding hydrogens is 344 g/mol. The molecule has 2 aromatic carbocycles. The Kier molecular flexibility index (Phi) is 4.63. The summed E-state index contributed by atoms with van der Waals surface area (Å²) in [7, 11) is 0. The number of nitrogen functional groups attached to an aromatic ring is 1. The predicted molar refractivity (Wildman–Crippen MR) is 116 cm³/mol. The second kappa shape index (κ2) is 7.12. The van der Waals surface area contributed by atoms with Gasteiger partial charge in [0.2, 0.25) is 0 Å². The van der Waals surface area contributed by atoms with Crippen LogP contribution in [-0.4, -0.2) is 14.5 Å². The molecule has 0 unspecified atom stereocenters. The number of aryl methyl sites for hydroxylation is 1. The van der Waals surface area contributed by atoms with Crippen LogP contribution in [0, 0.1) is 13.8 Å². The van der Waals surface area contributed by atoms with Gasteiger partial charge in [-0.15, -0.1) is 0 Å². The number of benzene rings is 2. The van der Waals surface area contributed by atoms with E-state index in [0.29, 0.717) is 5.82 Å². The number of hydrogen-bond acceptors (Lipinski definition) is 3. The van der Waals surface area contributed by atoms with Crippen molar-refractivity contribution in [1.82, 2.24) is 14.5 Å². The van der Waals surface area contributed by atoms with Crippen LogP contribution in [0.25, 0.3) is 11.0 Å². The van der Waals surface area contributed by atoms with Gasteiger partial charge in [-0.1, -0.05) is 67.6 Å². The van der Waals surface area contributed by atoms with Crippen LogP contribution in [0.1, 0.15) is 54.0 Å². The third-order valence-electron chi connectivity index (χ3n) is 5.80. The fourth-order valence-electron chi connectivity index (χ4n) is 3.98. The molecule has 0 amide bonds. The van der Waals surface area contributed by atoms with Gasteiger partial charge in [0, 0.05) is 11.6 Å². The van der Waals surface area contributed by atoms with Gasteiger partial charge in [0.1, 0.15) is 17.3 Å². The molecule has 28 heavy (non-hydrogen) atoms. The first kappa shape index (κ1) is 18.2. The Hall–Kier alpha value is -3.14. The molecular formula is C24H26N4. The number of anilines is 1. The van der Waals surface area contributed by atoms with Gasteiger partial charge in [-0.3, -0.25) is 0 Å². The summed E-state index contributed by atoms with van der Waals surface area (Å²) in [6.07, 6.45) is 0. The Morgan fingerprint density at radius 1 is 0.821 bits per heavy atom. The molecule has 0 spiro atoms. The number of aromatic nitrogens is 3. The van der Waals surface area contributed by atoms with Gasteiger partial charge in [0.25, 0.3) is 0 Å². The summed E-state index contributed by atoms with van der Waals surface area (Å²) in [5.74, 6) is 1.39. The second-order valence-corrected chi connectivity index (χ2v) is 7.47. The molecule has 0 saturated carbocycles. The van der Waals surface area contributed by atoms with Gasteiger partial charge in [-0.25, -0.2) is 9.97 Å². The topological polar surface area (TPSA) is 56.7 Å². The molecule has 2 aromatic heterocycles. The Morgan fingerprint density at radius 2 is 1.39 bits per heavy atom. The highest BCUT2D eigenvalue weighted by molar-refractivity contribution is 5.91. The molecule has 142 valence electrons. The second-order valence-electron chi connectivity index (χ2n) is 7.47. The zero-order valence-electron chi connectivity index (χ0n) is 16.8. The minimum absolute atomic E-state index is 0.0730. The highest BCUT2D eigenvalue weighted by Gasteiger charge is 2.23. The highest BCUT2D eigenvalue weighted by Crippen LogP contribution is 2.34. The molecule has 2 N–H and O–H groups in total. The Balaban J connectivity index is 1.91. The van der Waals surface area contributed by atoms with Crippen molar-refractivity contribution < 1.29 is 0 Å². The lowest BCUT2D eigenvalue weighted by Crippen LogP contribution is -2.11. The normalized spacial score (nSPS) is 13.6. The molecule has 0 aliphatic rings. The number of nitrogens with two attached hydrogens (primary N) is 1. The zero-order chi connectivity index (χ0) is 19.8. The van der Waals surface area contributed by atoms with E-state index < -0.39 is 0 Å². The summed E-state index contributed by atoms with van der Waals surface area (Å²) in [5.41, 5.74) is 12.1. The molecule has 0 bridgehead atoms. The molecule has 2 atom stereocenters. The van der Waals surface area contributed by atoms with E-state index in [0.717, 1.165) is 22.4 Å². The molecule has 0 fully saturated rings. The molecule has 2 heterocycles. The lowest BCUT2D eigenvalue weighted by molar-refractivity contribution is 0.636. The molecule has 0 saturated heterocycles. The van der Waals surface area contributed by atoms with Gasteiger partial charge in [0.05, 0.1) is 11.4 Å². The Bertz CT molecular complexity index is 1110. The molecule has 4 rings (SSSR count). The van der Waals surface area contributed by atoms with E-state index in [1.54, 1.807) is 0 Å². The van der Waals surface area contributed by atoms with Crippen molar-refractivity contribution >= 4 is 16.9 Å². The first-order valence-electron chi connectivity index (χ1n) is 9.73. The lowest BCUT2D eigenvalue weighted by Gasteiger charge is -2.18. The van der Waals surface area contributed by atoms with Gasteiger partial charge in [-0.2, -0.15) is 0 Å². The maximum absolute atomic E-state index is 6.43. The largest absolute Gasteiger partial charge is 0.383 e. The van der Waals surface area contributed by atoms with Crippen LogP contribution in [0.3, 0.4) is 0 Å². The van der Waals surface area contributed by atoms with Crippen molar-refractivity contribution in [1.29, 1.82) is 0 Å². The van der Waals surface area contributed by atoms with Gasteiger partial charge in [-0.05, 0) is 37.5 Å². The fourth-order valence-corrected chi connectivity index (χ4v) is 3.98. The summed E-state index contributed by atoms with van der Waals surface area (Å²) < 4.78 is 2.29. The summed E-state index contributed by atoms with van der Waals surface area (Å²) in [5, 5.41) is 0.962. The Morgan fingerprint density at radius 3 is 2.00 bits per heavy atom. The van der Waals surface area contributed by atoms with Crippen LogP contribution in [-0.2, 0) is 0 Å². The molecule has 0 aliphatic carbocycles. The third-order valence-corrected chi connectivity index (χ3v) is 5.80.